The molecule has 6 aromatic carbocycles. The summed E-state index contributed by atoms with van der Waals surface area (Å²) in [4.78, 5) is 19.1. The molecule has 7 nitrogen and oxygen atoms in total. The first kappa shape index (κ1) is 37.8. The molecule has 0 saturated carbocycles. The van der Waals surface area contributed by atoms with Crippen molar-refractivity contribution in [1.29, 1.82) is 5.41 Å². The van der Waals surface area contributed by atoms with E-state index in [1.807, 2.05) is 60.7 Å². The monoisotopic (exact) mass is 758 g/mol. The molecule has 0 spiro atoms. The molecule has 3 N–H and O–H groups in total. The minimum atomic E-state index is 0. The fourth-order valence-corrected chi connectivity index (χ4v) is 5.29. The molecule has 51 heavy (non-hydrogen) atoms. The van der Waals surface area contributed by atoms with Crippen molar-refractivity contribution in [2.75, 3.05) is 0 Å². The van der Waals surface area contributed by atoms with E-state index in [1.54, 1.807) is 0 Å². The number of carbonyl (C=O) groups excluding carboxylic acids is 1. The van der Waals surface area contributed by atoms with Gasteiger partial charge in [-0.05, 0) is 69.3 Å². The molecule has 0 atom stereocenters. The third-order valence-corrected chi connectivity index (χ3v) is 7.21. The predicted molar refractivity (Wildman–Crippen MR) is 207 cm³/mol. The van der Waals surface area contributed by atoms with Gasteiger partial charge in [-0.15, -0.1) is 0 Å². The number of para-hydroxylation sites is 6. The smallest absolute Gasteiger partial charge is 0.388 e. The van der Waals surface area contributed by atoms with E-state index in [0.717, 1.165) is 56.2 Å². The molecule has 8 heteroatoms. The molecule has 0 aliphatic heterocycles. The zero-order chi connectivity index (χ0) is 35.3. The van der Waals surface area contributed by atoms with Gasteiger partial charge in [0.2, 0.25) is 0 Å². The number of hydrogen-bond donors (Lipinski definition) is 2. The van der Waals surface area contributed by atoms with Crippen LogP contribution in [0.25, 0.3) is 56.2 Å². The van der Waals surface area contributed by atoms with E-state index in [1.165, 1.54) is 20.8 Å². The second-order valence-corrected chi connectivity index (χ2v) is 11.5. The van der Waals surface area contributed by atoms with Crippen molar-refractivity contribution in [2.45, 2.75) is 20.8 Å². The van der Waals surface area contributed by atoms with Crippen LogP contribution in [0.2, 0.25) is 0 Å². The largest absolute Gasteiger partial charge is 3.00 e. The maximum Gasteiger partial charge on any atom is 3.00 e. The average Bonchev–Trinajstić information content (AvgIpc) is 3.73. The van der Waals surface area contributed by atoms with Crippen LogP contribution in [-0.2, 0) is 24.3 Å². The first-order valence-electron chi connectivity index (χ1n) is 16.3. The zero-order valence-electron chi connectivity index (χ0n) is 28.8. The first-order valence-corrected chi connectivity index (χ1v) is 16.3. The number of fused-ring (bicyclic) bond motifs is 2. The molecule has 0 amide bonds. The second-order valence-electron chi connectivity index (χ2n) is 11.5. The second kappa shape index (κ2) is 18.7. The molecule has 0 aliphatic rings. The van der Waals surface area contributed by atoms with Gasteiger partial charge in [0.15, 0.2) is 0 Å². The Morgan fingerprint density at radius 1 is 0.490 bits per heavy atom. The van der Waals surface area contributed by atoms with Crippen molar-refractivity contribution in [2.24, 2.45) is 5.73 Å². The van der Waals surface area contributed by atoms with Gasteiger partial charge < -0.3 is 10.5 Å². The third kappa shape index (κ3) is 10.0. The Bertz CT molecular complexity index is 2110. The molecule has 0 fully saturated rings. The summed E-state index contributed by atoms with van der Waals surface area (Å²) in [7, 11) is 0. The standard InChI is InChI=1S/2C19H14N2.C3H6O.C2H6N2.Ru/c2*1-3-9-15(10-4-1)19-20-17-13-7-8-14-18(17)21(19)16-11-5-2-6-12-16;1-3(2)4;1-2(3)4;/h2*1-14H;1-2H3;1H3,(H3,3,4);/q;;;;+3. The summed E-state index contributed by atoms with van der Waals surface area (Å²) in [6.07, 6.45) is 0. The molecule has 0 unspecified atom stereocenters. The predicted octanol–water partition coefficient (Wildman–Crippen LogP) is 9.92. The Hall–Kier alpha value is -5.98. The van der Waals surface area contributed by atoms with Crippen molar-refractivity contribution >= 4 is 33.7 Å². The topological polar surface area (TPSA) is 103 Å². The molecular formula is C43H40N6ORu+3. The van der Waals surface area contributed by atoms with Gasteiger partial charge in [-0.25, -0.2) is 9.97 Å². The van der Waals surface area contributed by atoms with Gasteiger partial charge in [0.05, 0.1) is 27.9 Å². The summed E-state index contributed by atoms with van der Waals surface area (Å²) in [5.41, 5.74) is 13.5. The van der Waals surface area contributed by atoms with Gasteiger partial charge in [-0.2, -0.15) is 0 Å². The number of nitrogens with zero attached hydrogens (tertiary/aromatic N) is 4. The summed E-state index contributed by atoms with van der Waals surface area (Å²) < 4.78 is 4.43. The maximum atomic E-state index is 9.44. The van der Waals surface area contributed by atoms with Crippen molar-refractivity contribution in [3.8, 4) is 34.2 Å². The van der Waals surface area contributed by atoms with Crippen LogP contribution >= 0.6 is 0 Å². The minimum absolute atomic E-state index is 0. The average molecular weight is 758 g/mol. The van der Waals surface area contributed by atoms with Crippen LogP contribution in [-0.4, -0.2) is 30.7 Å². The van der Waals surface area contributed by atoms with Crippen LogP contribution in [0.3, 0.4) is 0 Å². The summed E-state index contributed by atoms with van der Waals surface area (Å²) >= 11 is 0. The summed E-state index contributed by atoms with van der Waals surface area (Å²) in [6.45, 7) is 4.58. The fourth-order valence-electron chi connectivity index (χ4n) is 5.29. The Balaban J connectivity index is 0.000000187. The van der Waals surface area contributed by atoms with E-state index >= 15 is 0 Å². The van der Waals surface area contributed by atoms with Crippen molar-refractivity contribution in [1.82, 2.24) is 19.1 Å². The third-order valence-electron chi connectivity index (χ3n) is 7.21. The molecule has 253 valence electrons. The number of rotatable bonds is 4. The Labute approximate surface area is 311 Å². The Morgan fingerprint density at radius 3 is 1.06 bits per heavy atom. The molecule has 2 heterocycles. The summed E-state index contributed by atoms with van der Waals surface area (Å²) in [6, 6.07) is 57.9. The fraction of sp³-hybridized carbons (Fsp3) is 0.0698. The van der Waals surface area contributed by atoms with Crippen LogP contribution in [0.5, 0.6) is 0 Å². The van der Waals surface area contributed by atoms with Crippen molar-refractivity contribution < 1.29 is 24.3 Å². The summed E-state index contributed by atoms with van der Waals surface area (Å²) in [5.74, 6) is 2.28. The van der Waals surface area contributed by atoms with Gasteiger partial charge in [0, 0.05) is 22.5 Å². The molecule has 0 bridgehead atoms. The quantitative estimate of drug-likeness (QED) is 0.106. The van der Waals surface area contributed by atoms with E-state index < -0.39 is 0 Å². The number of hydrogen-bond acceptors (Lipinski definition) is 4. The van der Waals surface area contributed by atoms with E-state index in [2.05, 4.69) is 118 Å². The van der Waals surface area contributed by atoms with Crippen LogP contribution in [0, 0.1) is 5.41 Å². The SMILES string of the molecule is CC(=N)N.CC(C)=O.[Ru+3].c1ccc(-c2nc3ccccc3n2-c2ccccc2)cc1.c1ccc(-c2nc3ccccc3n2-c2ccccc2)cc1. The molecule has 0 aliphatic carbocycles. The Morgan fingerprint density at radius 2 is 0.745 bits per heavy atom. The van der Waals surface area contributed by atoms with Crippen molar-refractivity contribution in [3.63, 3.8) is 0 Å². The number of nitrogens with two attached hydrogens (primary N) is 1. The van der Waals surface area contributed by atoms with Gasteiger partial charge in [-0.3, -0.25) is 14.5 Å². The molecule has 8 rings (SSSR count). The van der Waals surface area contributed by atoms with Crippen LogP contribution in [0.15, 0.2) is 170 Å². The number of ketones is 1. The number of imidazole rings is 2. The normalized spacial score (nSPS) is 9.94. The molecule has 2 aromatic heterocycles. The number of Topliss-reactive ketones (excluding diaryl/α,β-unsaturated/α-hetero) is 1. The molecule has 1 radical (unpaired) electrons. The van der Waals surface area contributed by atoms with Crippen LogP contribution in [0.4, 0.5) is 0 Å². The minimum Gasteiger partial charge on any atom is -0.388 e. The van der Waals surface area contributed by atoms with E-state index in [9.17, 15) is 4.79 Å². The maximum absolute atomic E-state index is 9.44. The number of aromatic nitrogens is 4. The van der Waals surface area contributed by atoms with E-state index in [4.69, 9.17) is 21.1 Å². The van der Waals surface area contributed by atoms with Crippen LogP contribution in [0.1, 0.15) is 20.8 Å². The van der Waals surface area contributed by atoms with Gasteiger partial charge in [0.1, 0.15) is 17.4 Å². The van der Waals surface area contributed by atoms with Gasteiger partial charge in [0.25, 0.3) is 0 Å². The molecule has 8 aromatic rings. The van der Waals surface area contributed by atoms with E-state index in [-0.39, 0.29) is 31.1 Å². The number of carbonyl (C=O) groups is 1. The first-order chi connectivity index (χ1) is 24.3. The Kier molecular flexibility index (Phi) is 13.9. The number of benzene rings is 6. The molecule has 0 saturated heterocycles. The molecular weight excluding hydrogens is 718 g/mol. The number of amidine groups is 1. The van der Waals surface area contributed by atoms with Crippen LogP contribution < -0.4 is 5.73 Å². The van der Waals surface area contributed by atoms with Gasteiger partial charge in [-0.1, -0.05) is 121 Å². The summed E-state index contributed by atoms with van der Waals surface area (Å²) in [5, 5.41) is 6.28. The zero-order valence-corrected chi connectivity index (χ0v) is 30.5. The van der Waals surface area contributed by atoms with Crippen molar-refractivity contribution in [3.05, 3.63) is 170 Å². The van der Waals surface area contributed by atoms with Gasteiger partial charge >= 0.3 is 19.5 Å². The van der Waals surface area contributed by atoms with E-state index in [0.29, 0.717) is 0 Å². The number of nitrogens with one attached hydrogen (secondary N) is 1.